The number of fused-ring (bicyclic) bond motifs is 1. The van der Waals surface area contributed by atoms with E-state index in [1.807, 2.05) is 6.92 Å². The smallest absolute Gasteiger partial charge is 0.497 e. The summed E-state index contributed by atoms with van der Waals surface area (Å²) in [6, 6.07) is 2.35. The van der Waals surface area contributed by atoms with Crippen LogP contribution in [0.15, 0.2) is 65.1 Å². The Morgan fingerprint density at radius 1 is 1.33 bits per heavy atom. The number of aromatic nitrogens is 1. The Balaban J connectivity index is 1.59. The number of nitrogens with zero attached hydrogens (tertiary/aromatic N) is 3. The fourth-order valence-electron chi connectivity index (χ4n) is 4.75. The minimum atomic E-state index is -1.84. The average molecular weight is 583 g/mol. The second-order valence-electron chi connectivity index (χ2n) is 9.83. The van der Waals surface area contributed by atoms with Crippen LogP contribution in [0.5, 0.6) is 0 Å². The maximum atomic E-state index is 14.1. The number of furan rings is 1. The molecule has 1 unspecified atom stereocenters. The lowest BCUT2D eigenvalue weighted by molar-refractivity contribution is -0.140. The summed E-state index contributed by atoms with van der Waals surface area (Å²) >= 11 is 0. The van der Waals surface area contributed by atoms with E-state index in [4.69, 9.17) is 23.4 Å². The molecule has 2 fully saturated rings. The van der Waals surface area contributed by atoms with Crippen LogP contribution in [-0.4, -0.2) is 85.0 Å². The van der Waals surface area contributed by atoms with Gasteiger partial charge in [-0.15, -0.1) is 0 Å². The van der Waals surface area contributed by atoms with E-state index in [-0.39, 0.29) is 25.0 Å². The van der Waals surface area contributed by atoms with Gasteiger partial charge in [0.25, 0.3) is 5.91 Å². The van der Waals surface area contributed by atoms with Crippen LogP contribution in [0.2, 0.25) is 0 Å². The lowest BCUT2D eigenvalue weighted by atomic mass is 9.94. The molecular formula is C29H34N4O9. The van der Waals surface area contributed by atoms with E-state index in [9.17, 15) is 19.2 Å². The van der Waals surface area contributed by atoms with Gasteiger partial charge in [-0.25, -0.2) is 14.5 Å². The van der Waals surface area contributed by atoms with Crippen LogP contribution >= 0.6 is 0 Å². The second kappa shape index (κ2) is 13.3. The van der Waals surface area contributed by atoms with Crippen molar-refractivity contribution in [2.45, 2.75) is 44.6 Å². The fraction of sp³-hybridized carbons (Fsp3) is 0.414. The van der Waals surface area contributed by atoms with Gasteiger partial charge < -0.3 is 33.6 Å². The number of carbonyl (C=O) groups excluding carboxylic acids is 4. The van der Waals surface area contributed by atoms with E-state index < -0.39 is 29.9 Å². The normalized spacial score (nSPS) is 20.5. The summed E-state index contributed by atoms with van der Waals surface area (Å²) in [5.74, 6) is -0.110. The van der Waals surface area contributed by atoms with Gasteiger partial charge in [0.2, 0.25) is 6.41 Å². The molecule has 0 saturated carbocycles. The third-order valence-corrected chi connectivity index (χ3v) is 6.92. The van der Waals surface area contributed by atoms with E-state index in [0.29, 0.717) is 54.8 Å². The Labute approximate surface area is 242 Å². The average Bonchev–Trinajstić information content (AvgIpc) is 3.52. The number of hydrogen-bond donors (Lipinski definition) is 1. The largest absolute Gasteiger partial charge is 0.510 e. The van der Waals surface area contributed by atoms with E-state index in [2.05, 4.69) is 16.9 Å². The Morgan fingerprint density at radius 3 is 2.76 bits per heavy atom. The van der Waals surface area contributed by atoms with Crippen LogP contribution in [0.4, 0.5) is 9.59 Å². The fourth-order valence-corrected chi connectivity index (χ4v) is 4.75. The van der Waals surface area contributed by atoms with Crippen LogP contribution in [0.3, 0.4) is 0 Å². The molecule has 42 heavy (non-hydrogen) atoms. The van der Waals surface area contributed by atoms with Crippen molar-refractivity contribution < 1.29 is 42.5 Å². The highest BCUT2D eigenvalue weighted by molar-refractivity contribution is 6.08. The number of allylic oxidation sites excluding steroid dienone is 2. The van der Waals surface area contributed by atoms with Gasteiger partial charge in [-0.2, -0.15) is 0 Å². The first kappa shape index (κ1) is 30.3. The quantitative estimate of drug-likeness (QED) is 0.130. The van der Waals surface area contributed by atoms with Crippen LogP contribution in [0.25, 0.3) is 11.0 Å². The van der Waals surface area contributed by atoms with Gasteiger partial charge in [0.1, 0.15) is 23.2 Å². The van der Waals surface area contributed by atoms with Gasteiger partial charge in [0.15, 0.2) is 11.8 Å². The van der Waals surface area contributed by atoms with Gasteiger partial charge >= 0.3 is 12.2 Å². The highest BCUT2D eigenvalue weighted by Crippen LogP contribution is 2.35. The van der Waals surface area contributed by atoms with Crippen molar-refractivity contribution >= 4 is 35.5 Å². The summed E-state index contributed by atoms with van der Waals surface area (Å²) < 4.78 is 27.1. The summed E-state index contributed by atoms with van der Waals surface area (Å²) in [5.41, 5.74) is -0.888. The Hall–Kier alpha value is -4.65. The summed E-state index contributed by atoms with van der Waals surface area (Å²) in [7, 11) is 1.53. The molecule has 0 radical (unpaired) electrons. The number of hydrogen-bond acceptors (Lipinski definition) is 10. The van der Waals surface area contributed by atoms with Gasteiger partial charge in [0, 0.05) is 37.2 Å². The monoisotopic (exact) mass is 582 g/mol. The van der Waals surface area contributed by atoms with Crippen LogP contribution in [0.1, 0.15) is 32.4 Å². The standard InChI is InChI=1S/C29H34N4O9/c1-5-22(38-4)7-6-19(2)16-32(18-34)17-29(25-14-21-15-30-11-8-24(21)42-25)26(35)33(27(36)31-29)20(3)40-28(37)41-23-9-12-39-13-10-23/h5-8,11,14-15,18,20,23H,2,9-10,12-13,16-17H2,1,3-4H3,(H,31,36)/b7-6-,22-5+/t20?,29-/m0/s1. The molecule has 0 aliphatic carbocycles. The molecular weight excluding hydrogens is 548 g/mol. The van der Waals surface area contributed by atoms with E-state index in [1.54, 1.807) is 36.6 Å². The van der Waals surface area contributed by atoms with Crippen molar-refractivity contribution in [3.05, 3.63) is 66.4 Å². The van der Waals surface area contributed by atoms with Crippen molar-refractivity contribution in [2.24, 2.45) is 0 Å². The molecule has 2 aliphatic rings. The Bertz CT molecular complexity index is 1360. The first-order chi connectivity index (χ1) is 20.2. The zero-order valence-corrected chi connectivity index (χ0v) is 23.7. The summed E-state index contributed by atoms with van der Waals surface area (Å²) in [5, 5.41) is 3.27. The van der Waals surface area contributed by atoms with E-state index in [1.165, 1.54) is 25.1 Å². The minimum Gasteiger partial charge on any atom is -0.497 e. The minimum absolute atomic E-state index is 0.0247. The highest BCUT2D eigenvalue weighted by Gasteiger charge is 2.57. The molecule has 2 aromatic heterocycles. The van der Waals surface area contributed by atoms with E-state index in [0.717, 1.165) is 4.90 Å². The molecule has 4 amide bonds. The molecule has 0 bridgehead atoms. The molecule has 224 valence electrons. The first-order valence-electron chi connectivity index (χ1n) is 13.4. The van der Waals surface area contributed by atoms with Gasteiger partial charge in [0.05, 0.1) is 26.9 Å². The number of rotatable bonds is 12. The molecule has 2 aromatic rings. The molecule has 2 aliphatic heterocycles. The van der Waals surface area contributed by atoms with Crippen LogP contribution in [0, 0.1) is 0 Å². The molecule has 0 aromatic carbocycles. The molecule has 2 atom stereocenters. The van der Waals surface area contributed by atoms with Gasteiger partial charge in [-0.1, -0.05) is 12.7 Å². The number of imide groups is 1. The predicted octanol–water partition coefficient (Wildman–Crippen LogP) is 3.37. The van der Waals surface area contributed by atoms with Crippen molar-refractivity contribution in [2.75, 3.05) is 33.4 Å². The highest BCUT2D eigenvalue weighted by atomic mass is 16.7. The second-order valence-corrected chi connectivity index (χ2v) is 9.83. The van der Waals surface area contributed by atoms with Crippen LogP contribution in [-0.2, 0) is 34.1 Å². The molecule has 13 heteroatoms. The number of ether oxygens (including phenoxy) is 4. The molecule has 13 nitrogen and oxygen atoms in total. The SMILES string of the molecule is C=C(/C=C\C(=C/C)OC)CN(C=O)C[C@@]1(c2cc3cnccc3o2)NC(=O)N(C(C)OC(=O)OC2CCOCC2)C1=O. The van der Waals surface area contributed by atoms with Crippen LogP contribution < -0.4 is 5.32 Å². The topological polar surface area (TPSA) is 150 Å². The van der Waals surface area contributed by atoms with Crippen molar-refractivity contribution in [1.82, 2.24) is 20.1 Å². The van der Waals surface area contributed by atoms with Gasteiger partial charge in [-0.3, -0.25) is 14.6 Å². The summed E-state index contributed by atoms with van der Waals surface area (Å²) in [4.78, 5) is 58.2. The van der Waals surface area contributed by atoms with Gasteiger partial charge in [-0.05, 0) is 43.7 Å². The maximum Gasteiger partial charge on any atom is 0.510 e. The van der Waals surface area contributed by atoms with Crippen molar-refractivity contribution in [3.63, 3.8) is 0 Å². The molecule has 2 saturated heterocycles. The number of amides is 4. The molecule has 0 spiro atoms. The Kier molecular flexibility index (Phi) is 9.63. The third-order valence-electron chi connectivity index (χ3n) is 6.92. The van der Waals surface area contributed by atoms with Crippen molar-refractivity contribution in [3.8, 4) is 0 Å². The number of nitrogens with one attached hydrogen (secondary N) is 1. The summed E-state index contributed by atoms with van der Waals surface area (Å²) in [6.07, 6.45) is 7.04. The predicted molar refractivity (Wildman–Crippen MR) is 149 cm³/mol. The van der Waals surface area contributed by atoms with Crippen molar-refractivity contribution in [1.29, 1.82) is 0 Å². The lowest BCUT2D eigenvalue weighted by Gasteiger charge is -2.30. The Morgan fingerprint density at radius 2 is 2.10 bits per heavy atom. The lowest BCUT2D eigenvalue weighted by Crippen LogP contribution is -2.53. The zero-order valence-electron chi connectivity index (χ0n) is 23.7. The number of pyridine rings is 1. The summed E-state index contributed by atoms with van der Waals surface area (Å²) in [6.45, 7) is 7.79. The number of methoxy groups -OCH3 is 1. The zero-order chi connectivity index (χ0) is 30.3. The molecule has 1 N–H and O–H groups in total. The molecule has 4 heterocycles. The van der Waals surface area contributed by atoms with E-state index >= 15 is 0 Å². The maximum absolute atomic E-state index is 14.1. The number of urea groups is 1. The number of carbonyl (C=O) groups is 4. The first-order valence-corrected chi connectivity index (χ1v) is 13.4. The third kappa shape index (κ3) is 6.62. The molecule has 4 rings (SSSR count).